The summed E-state index contributed by atoms with van der Waals surface area (Å²) in [7, 11) is 0. The lowest BCUT2D eigenvalue weighted by molar-refractivity contribution is -0.384. The number of anilines is 1. The topological polar surface area (TPSA) is 96.6 Å². The highest BCUT2D eigenvalue weighted by atomic mass is 16.6. The van der Waals surface area contributed by atoms with Crippen LogP contribution in [-0.4, -0.2) is 23.1 Å². The zero-order valence-electron chi connectivity index (χ0n) is 14.3. The van der Waals surface area contributed by atoms with Crippen LogP contribution in [0, 0.1) is 24.0 Å². The van der Waals surface area contributed by atoms with Crippen molar-refractivity contribution >= 4 is 23.5 Å². The van der Waals surface area contributed by atoms with E-state index < -0.39 is 11.0 Å². The van der Waals surface area contributed by atoms with Crippen molar-refractivity contribution in [2.75, 3.05) is 5.32 Å². The van der Waals surface area contributed by atoms with Crippen molar-refractivity contribution in [2.45, 2.75) is 26.8 Å². The Morgan fingerprint density at radius 3 is 2.68 bits per heavy atom. The first-order valence-electron chi connectivity index (χ1n) is 7.78. The summed E-state index contributed by atoms with van der Waals surface area (Å²) in [5.74, 6) is -0.304. The minimum atomic E-state index is -0.483. The van der Waals surface area contributed by atoms with Crippen LogP contribution in [0.25, 0.3) is 0 Å². The van der Waals surface area contributed by atoms with Crippen molar-refractivity contribution in [3.63, 3.8) is 0 Å². The molecule has 1 atom stereocenters. The van der Waals surface area contributed by atoms with Crippen molar-refractivity contribution in [1.82, 2.24) is 5.43 Å². The monoisotopic (exact) mass is 340 g/mol. The number of carbonyl (C=O) groups excluding carboxylic acids is 1. The number of hydrogen-bond acceptors (Lipinski definition) is 5. The van der Waals surface area contributed by atoms with Gasteiger partial charge in [0.25, 0.3) is 11.6 Å². The van der Waals surface area contributed by atoms with Gasteiger partial charge in [-0.2, -0.15) is 5.10 Å². The number of hydrogen-bond donors (Lipinski definition) is 2. The molecule has 2 N–H and O–H groups in total. The summed E-state index contributed by atoms with van der Waals surface area (Å²) in [6, 6.07) is 11.5. The lowest BCUT2D eigenvalue weighted by Gasteiger charge is -2.15. The third-order valence-electron chi connectivity index (χ3n) is 3.62. The smallest absolute Gasteiger partial charge is 0.270 e. The van der Waals surface area contributed by atoms with Gasteiger partial charge in [-0.3, -0.25) is 14.9 Å². The zero-order valence-corrected chi connectivity index (χ0v) is 14.3. The fraction of sp³-hybridized carbons (Fsp3) is 0.222. The van der Waals surface area contributed by atoms with E-state index in [-0.39, 0.29) is 11.6 Å². The molecule has 2 aromatic rings. The van der Waals surface area contributed by atoms with Crippen molar-refractivity contribution in [3.8, 4) is 0 Å². The number of aryl methyl sites for hydroxylation is 2. The third-order valence-corrected chi connectivity index (χ3v) is 3.62. The van der Waals surface area contributed by atoms with Crippen LogP contribution >= 0.6 is 0 Å². The van der Waals surface area contributed by atoms with E-state index in [4.69, 9.17) is 0 Å². The third kappa shape index (κ3) is 5.13. The molecule has 1 amide bonds. The van der Waals surface area contributed by atoms with Crippen LogP contribution < -0.4 is 10.7 Å². The van der Waals surface area contributed by atoms with E-state index in [0.29, 0.717) is 5.56 Å². The molecular weight excluding hydrogens is 320 g/mol. The van der Waals surface area contributed by atoms with Gasteiger partial charge in [0.1, 0.15) is 6.04 Å². The molecule has 25 heavy (non-hydrogen) atoms. The predicted molar refractivity (Wildman–Crippen MR) is 97.8 cm³/mol. The molecule has 0 aliphatic rings. The maximum Gasteiger partial charge on any atom is 0.270 e. The number of nitrogens with one attached hydrogen (secondary N) is 2. The van der Waals surface area contributed by atoms with Gasteiger partial charge >= 0.3 is 0 Å². The maximum absolute atomic E-state index is 12.1. The number of nitrogens with zero attached hydrogens (tertiary/aromatic N) is 2. The number of rotatable bonds is 6. The average molecular weight is 340 g/mol. The van der Waals surface area contributed by atoms with E-state index in [1.165, 1.54) is 18.3 Å². The van der Waals surface area contributed by atoms with E-state index in [1.807, 2.05) is 32.0 Å². The van der Waals surface area contributed by atoms with Crippen LogP contribution in [0.3, 0.4) is 0 Å². The molecule has 2 aromatic carbocycles. The molecule has 0 radical (unpaired) electrons. The first-order chi connectivity index (χ1) is 11.9. The molecule has 0 saturated heterocycles. The van der Waals surface area contributed by atoms with Gasteiger partial charge in [-0.15, -0.1) is 0 Å². The molecule has 0 spiro atoms. The van der Waals surface area contributed by atoms with Crippen LogP contribution in [0.1, 0.15) is 23.6 Å². The van der Waals surface area contributed by atoms with Crippen LogP contribution in [0.15, 0.2) is 47.6 Å². The van der Waals surface area contributed by atoms with Crippen LogP contribution in [0.2, 0.25) is 0 Å². The maximum atomic E-state index is 12.1. The molecule has 1 unspecified atom stereocenters. The number of amides is 1. The van der Waals surface area contributed by atoms with Gasteiger partial charge in [-0.1, -0.05) is 29.8 Å². The Morgan fingerprint density at radius 1 is 1.24 bits per heavy atom. The molecule has 0 aromatic heterocycles. The van der Waals surface area contributed by atoms with Crippen LogP contribution in [0.5, 0.6) is 0 Å². The minimum absolute atomic E-state index is 0.0276. The summed E-state index contributed by atoms with van der Waals surface area (Å²) in [6.07, 6.45) is 1.37. The molecule has 7 heteroatoms. The zero-order chi connectivity index (χ0) is 18.4. The molecule has 0 fully saturated rings. The van der Waals surface area contributed by atoms with E-state index in [9.17, 15) is 14.9 Å². The first kappa shape index (κ1) is 18.1. The van der Waals surface area contributed by atoms with E-state index >= 15 is 0 Å². The molecular formula is C18H20N4O3. The highest BCUT2D eigenvalue weighted by Crippen LogP contribution is 2.17. The molecule has 7 nitrogen and oxygen atoms in total. The van der Waals surface area contributed by atoms with Crippen molar-refractivity contribution in [1.29, 1.82) is 0 Å². The highest BCUT2D eigenvalue weighted by Gasteiger charge is 2.12. The summed E-state index contributed by atoms with van der Waals surface area (Å²) >= 11 is 0. The average Bonchev–Trinajstić information content (AvgIpc) is 2.57. The number of hydrazone groups is 1. The Kier molecular flexibility index (Phi) is 5.84. The molecule has 130 valence electrons. The Balaban J connectivity index is 1.95. The number of nitro benzene ring substituents is 1. The van der Waals surface area contributed by atoms with Gasteiger partial charge in [0.2, 0.25) is 0 Å². The summed E-state index contributed by atoms with van der Waals surface area (Å²) in [5, 5.41) is 17.7. The Bertz CT molecular complexity index is 818. The van der Waals surface area contributed by atoms with E-state index in [0.717, 1.165) is 16.8 Å². The molecule has 0 heterocycles. The predicted octanol–water partition coefficient (Wildman–Crippen LogP) is 3.16. The van der Waals surface area contributed by atoms with Crippen molar-refractivity contribution in [3.05, 3.63) is 69.3 Å². The molecule has 0 aliphatic carbocycles. The normalized spacial score (nSPS) is 12.0. The van der Waals surface area contributed by atoms with Crippen LogP contribution in [-0.2, 0) is 4.79 Å². The number of non-ortho nitro benzene ring substituents is 1. The Labute approximate surface area is 145 Å². The Morgan fingerprint density at radius 2 is 2.00 bits per heavy atom. The number of nitro groups is 1. The van der Waals surface area contributed by atoms with Gasteiger partial charge < -0.3 is 5.32 Å². The fourth-order valence-corrected chi connectivity index (χ4v) is 2.26. The van der Waals surface area contributed by atoms with Crippen molar-refractivity contribution < 1.29 is 9.72 Å². The number of carbonyl (C=O) groups is 1. The second-order valence-corrected chi connectivity index (χ2v) is 5.77. The molecule has 0 bridgehead atoms. The second kappa shape index (κ2) is 8.05. The lowest BCUT2D eigenvalue weighted by atomic mass is 10.1. The fourth-order valence-electron chi connectivity index (χ4n) is 2.26. The van der Waals surface area contributed by atoms with Gasteiger partial charge in [0.05, 0.1) is 11.1 Å². The van der Waals surface area contributed by atoms with Crippen molar-refractivity contribution in [2.24, 2.45) is 5.10 Å². The summed E-state index contributed by atoms with van der Waals surface area (Å²) in [4.78, 5) is 22.3. The molecule has 2 rings (SSSR count). The van der Waals surface area contributed by atoms with Gasteiger partial charge in [-0.25, -0.2) is 5.43 Å². The van der Waals surface area contributed by atoms with E-state index in [1.54, 1.807) is 19.1 Å². The minimum Gasteiger partial charge on any atom is -0.374 e. The summed E-state index contributed by atoms with van der Waals surface area (Å²) in [5.41, 5.74) is 6.03. The molecule has 0 aliphatic heterocycles. The standard InChI is InChI=1S/C18H20N4O3/c1-12-7-8-17(13(2)9-12)20-14(3)18(23)21-19-11-15-5-4-6-16(10-15)22(24)25/h4-11,14,20H,1-3H3,(H,21,23)/b19-11+. The SMILES string of the molecule is Cc1ccc(NC(C)C(=O)N/N=C/c2cccc([N+](=O)[O-])c2)c(C)c1. The summed E-state index contributed by atoms with van der Waals surface area (Å²) < 4.78 is 0. The largest absolute Gasteiger partial charge is 0.374 e. The quantitative estimate of drug-likeness (QED) is 0.479. The van der Waals surface area contributed by atoms with Gasteiger partial charge in [-0.05, 0) is 32.4 Å². The molecule has 0 saturated carbocycles. The van der Waals surface area contributed by atoms with Gasteiger partial charge in [0.15, 0.2) is 0 Å². The second-order valence-electron chi connectivity index (χ2n) is 5.77. The Hall–Kier alpha value is -3.22. The lowest BCUT2D eigenvalue weighted by Crippen LogP contribution is -2.35. The van der Waals surface area contributed by atoms with E-state index in [2.05, 4.69) is 15.8 Å². The number of benzene rings is 2. The van der Waals surface area contributed by atoms with Gasteiger partial charge in [0, 0.05) is 23.4 Å². The first-order valence-corrected chi connectivity index (χ1v) is 7.78. The highest BCUT2D eigenvalue weighted by molar-refractivity contribution is 5.86. The summed E-state index contributed by atoms with van der Waals surface area (Å²) in [6.45, 7) is 5.72. The van der Waals surface area contributed by atoms with Crippen LogP contribution in [0.4, 0.5) is 11.4 Å².